The third-order valence-corrected chi connectivity index (χ3v) is 4.68. The van der Waals surface area contributed by atoms with Crippen molar-refractivity contribution in [1.29, 1.82) is 0 Å². The van der Waals surface area contributed by atoms with Crippen LogP contribution in [0.5, 0.6) is 0 Å². The zero-order valence-corrected chi connectivity index (χ0v) is 12.4. The first-order chi connectivity index (χ1) is 10.1. The molecule has 0 aromatic heterocycles. The number of hydrogen-bond donors (Lipinski definition) is 2. The van der Waals surface area contributed by atoms with Gasteiger partial charge in [0.1, 0.15) is 0 Å². The number of piperidine rings is 2. The summed E-state index contributed by atoms with van der Waals surface area (Å²) in [5.74, 6) is 0.323. The minimum atomic E-state index is -0.117. The van der Waals surface area contributed by atoms with E-state index in [-0.39, 0.29) is 17.9 Å². The van der Waals surface area contributed by atoms with Gasteiger partial charge in [-0.1, -0.05) is 17.7 Å². The van der Waals surface area contributed by atoms with Gasteiger partial charge in [0.15, 0.2) is 0 Å². The van der Waals surface area contributed by atoms with E-state index in [1.165, 1.54) is 0 Å². The fraction of sp³-hybridized carbons (Fsp3) is 0.467. The molecule has 5 nitrogen and oxygen atoms in total. The maximum absolute atomic E-state index is 12.7. The molecule has 1 aromatic rings. The van der Waals surface area contributed by atoms with Crippen LogP contribution in [0.25, 0.3) is 0 Å². The Balaban J connectivity index is 1.76. The molecule has 6 heteroatoms. The normalized spacial score (nSPS) is 25.2. The summed E-state index contributed by atoms with van der Waals surface area (Å²) < 4.78 is 0. The molecule has 3 rings (SSSR count). The second-order valence-electron chi connectivity index (χ2n) is 5.72. The summed E-state index contributed by atoms with van der Waals surface area (Å²) >= 11 is 6.12. The van der Waals surface area contributed by atoms with E-state index in [0.29, 0.717) is 41.7 Å². The fourth-order valence-corrected chi connectivity index (χ4v) is 3.48. The first-order valence-electron chi connectivity index (χ1n) is 7.19. The molecule has 21 heavy (non-hydrogen) atoms. The van der Waals surface area contributed by atoms with Gasteiger partial charge in [0.05, 0.1) is 10.6 Å². The molecule has 2 aliphatic heterocycles. The predicted molar refractivity (Wildman–Crippen MR) is 81.0 cm³/mol. The number of fused-ring (bicyclic) bond motifs is 1. The second-order valence-corrected chi connectivity index (χ2v) is 6.12. The van der Waals surface area contributed by atoms with Crippen LogP contribution in [0.15, 0.2) is 18.2 Å². The molecule has 2 amide bonds. The summed E-state index contributed by atoms with van der Waals surface area (Å²) in [7, 11) is 0. The highest BCUT2D eigenvalue weighted by molar-refractivity contribution is 6.34. The number of carbonyl (C=O) groups excluding carboxylic acids is 2. The number of benzene rings is 1. The largest absolute Gasteiger partial charge is 0.398 e. The molecule has 0 aliphatic carbocycles. The van der Waals surface area contributed by atoms with Crippen LogP contribution in [0.4, 0.5) is 5.69 Å². The molecule has 2 saturated heterocycles. The molecule has 2 fully saturated rings. The van der Waals surface area contributed by atoms with Crippen LogP contribution >= 0.6 is 11.6 Å². The first kappa shape index (κ1) is 14.2. The van der Waals surface area contributed by atoms with Gasteiger partial charge >= 0.3 is 0 Å². The molecular weight excluding hydrogens is 290 g/mol. The average Bonchev–Trinajstić information content (AvgIpc) is 2.46. The monoisotopic (exact) mass is 307 g/mol. The lowest BCUT2D eigenvalue weighted by atomic mass is 9.85. The summed E-state index contributed by atoms with van der Waals surface area (Å²) in [6.45, 7) is 1.26. The van der Waals surface area contributed by atoms with Gasteiger partial charge in [0.2, 0.25) is 5.91 Å². The zero-order valence-electron chi connectivity index (χ0n) is 11.6. The van der Waals surface area contributed by atoms with Crippen LogP contribution in [0.3, 0.4) is 0 Å². The van der Waals surface area contributed by atoms with Crippen LogP contribution < -0.4 is 11.1 Å². The number of nitrogens with two attached hydrogens (primary N) is 1. The van der Waals surface area contributed by atoms with Crippen molar-refractivity contribution in [3.8, 4) is 0 Å². The molecule has 112 valence electrons. The van der Waals surface area contributed by atoms with Crippen molar-refractivity contribution in [3.63, 3.8) is 0 Å². The maximum atomic E-state index is 12.7. The lowest BCUT2D eigenvalue weighted by Crippen LogP contribution is -2.55. The van der Waals surface area contributed by atoms with Crippen molar-refractivity contribution >= 4 is 29.1 Å². The Morgan fingerprint density at radius 3 is 2.95 bits per heavy atom. The van der Waals surface area contributed by atoms with E-state index < -0.39 is 0 Å². The Kier molecular flexibility index (Phi) is 3.76. The van der Waals surface area contributed by atoms with Crippen LogP contribution in [-0.4, -0.2) is 35.8 Å². The molecule has 2 unspecified atom stereocenters. The number of halogens is 1. The van der Waals surface area contributed by atoms with Gasteiger partial charge in [-0.25, -0.2) is 0 Å². The SMILES string of the molecule is Nc1cccc(Cl)c1C(=O)N1CCC2NC(=O)CCC2C1. The Morgan fingerprint density at radius 1 is 1.38 bits per heavy atom. The highest BCUT2D eigenvalue weighted by atomic mass is 35.5. The van der Waals surface area contributed by atoms with E-state index >= 15 is 0 Å². The second kappa shape index (κ2) is 5.56. The lowest BCUT2D eigenvalue weighted by Gasteiger charge is -2.41. The lowest BCUT2D eigenvalue weighted by molar-refractivity contribution is -0.125. The van der Waals surface area contributed by atoms with E-state index in [9.17, 15) is 9.59 Å². The smallest absolute Gasteiger partial charge is 0.257 e. The van der Waals surface area contributed by atoms with Gasteiger partial charge in [-0.2, -0.15) is 0 Å². The standard InChI is InChI=1S/C15H18ClN3O2/c16-10-2-1-3-11(17)14(10)15(21)19-7-6-12-9(8-19)4-5-13(20)18-12/h1-3,9,12H,4-8,17H2,(H,18,20). The number of amides is 2. The minimum Gasteiger partial charge on any atom is -0.398 e. The summed E-state index contributed by atoms with van der Waals surface area (Å²) in [5, 5.41) is 3.40. The molecule has 0 saturated carbocycles. The highest BCUT2D eigenvalue weighted by Crippen LogP contribution is 2.29. The number of rotatable bonds is 1. The quantitative estimate of drug-likeness (QED) is 0.775. The van der Waals surface area contributed by atoms with E-state index in [0.717, 1.165) is 12.8 Å². The summed E-state index contributed by atoms with van der Waals surface area (Å²) in [4.78, 5) is 25.9. The number of nitrogens with zero attached hydrogens (tertiary/aromatic N) is 1. The average molecular weight is 308 g/mol. The fourth-order valence-electron chi connectivity index (χ4n) is 3.22. The van der Waals surface area contributed by atoms with Crippen molar-refractivity contribution in [1.82, 2.24) is 10.2 Å². The van der Waals surface area contributed by atoms with E-state index in [1.54, 1.807) is 23.1 Å². The van der Waals surface area contributed by atoms with E-state index in [2.05, 4.69) is 5.32 Å². The molecule has 2 heterocycles. The number of nitrogen functional groups attached to an aromatic ring is 1. The number of likely N-dealkylation sites (tertiary alicyclic amines) is 1. The van der Waals surface area contributed by atoms with Crippen LogP contribution in [-0.2, 0) is 4.79 Å². The molecule has 2 aliphatic rings. The third-order valence-electron chi connectivity index (χ3n) is 4.37. The Hall–Kier alpha value is -1.75. The number of hydrogen-bond acceptors (Lipinski definition) is 3. The molecule has 0 spiro atoms. The molecule has 0 radical (unpaired) electrons. The van der Waals surface area contributed by atoms with E-state index in [4.69, 9.17) is 17.3 Å². The van der Waals surface area contributed by atoms with Gasteiger partial charge < -0.3 is 16.0 Å². The summed E-state index contributed by atoms with van der Waals surface area (Å²) in [5.41, 5.74) is 6.69. The number of nitrogens with one attached hydrogen (secondary N) is 1. The summed E-state index contributed by atoms with van der Waals surface area (Å²) in [6, 6.07) is 5.29. The Labute approximate surface area is 128 Å². The van der Waals surface area contributed by atoms with Crippen LogP contribution in [0.2, 0.25) is 5.02 Å². The Bertz CT molecular complexity index is 570. The number of carbonyl (C=O) groups is 2. The topological polar surface area (TPSA) is 75.4 Å². The first-order valence-corrected chi connectivity index (χ1v) is 7.56. The van der Waals surface area contributed by atoms with Crippen molar-refractivity contribution in [3.05, 3.63) is 28.8 Å². The van der Waals surface area contributed by atoms with Gasteiger partial charge in [0, 0.05) is 31.2 Å². The maximum Gasteiger partial charge on any atom is 0.257 e. The van der Waals surface area contributed by atoms with Crippen molar-refractivity contribution < 1.29 is 9.59 Å². The minimum absolute atomic E-state index is 0.117. The van der Waals surface area contributed by atoms with Gasteiger partial charge in [-0.05, 0) is 30.9 Å². The zero-order chi connectivity index (χ0) is 15.0. The molecule has 2 atom stereocenters. The Morgan fingerprint density at radius 2 is 2.19 bits per heavy atom. The van der Waals surface area contributed by atoms with Gasteiger partial charge in [-0.3, -0.25) is 9.59 Å². The third kappa shape index (κ3) is 2.70. The molecular formula is C15H18ClN3O2. The predicted octanol–water partition coefficient (Wildman–Crippen LogP) is 1.66. The highest BCUT2D eigenvalue weighted by Gasteiger charge is 2.36. The van der Waals surface area contributed by atoms with Gasteiger partial charge in [-0.15, -0.1) is 0 Å². The molecule has 3 N–H and O–H groups in total. The van der Waals surface area contributed by atoms with Crippen molar-refractivity contribution in [2.75, 3.05) is 18.8 Å². The molecule has 0 bridgehead atoms. The van der Waals surface area contributed by atoms with Crippen LogP contribution in [0, 0.1) is 5.92 Å². The molecule has 1 aromatic carbocycles. The van der Waals surface area contributed by atoms with E-state index in [1.807, 2.05) is 0 Å². The van der Waals surface area contributed by atoms with Gasteiger partial charge in [0.25, 0.3) is 5.91 Å². The van der Waals surface area contributed by atoms with Crippen molar-refractivity contribution in [2.45, 2.75) is 25.3 Å². The summed E-state index contributed by atoms with van der Waals surface area (Å²) in [6.07, 6.45) is 2.15. The number of anilines is 1. The van der Waals surface area contributed by atoms with Crippen molar-refractivity contribution in [2.24, 2.45) is 5.92 Å². The van der Waals surface area contributed by atoms with Crippen LogP contribution in [0.1, 0.15) is 29.6 Å².